The predicted molar refractivity (Wildman–Crippen MR) is 107 cm³/mol. The molecule has 2 aromatic rings. The first-order chi connectivity index (χ1) is 13.2. The van der Waals surface area contributed by atoms with Crippen LogP contribution in [0.3, 0.4) is 0 Å². The van der Waals surface area contributed by atoms with Crippen LogP contribution in [0.15, 0.2) is 41.0 Å². The molecule has 1 aromatic carbocycles. The van der Waals surface area contributed by atoms with Gasteiger partial charge in [-0.15, -0.1) is 10.2 Å². The average Bonchev–Trinajstić information content (AvgIpc) is 2.70. The van der Waals surface area contributed by atoms with E-state index in [0.717, 1.165) is 48.5 Å². The zero-order valence-corrected chi connectivity index (χ0v) is 17.0. The van der Waals surface area contributed by atoms with Crippen LogP contribution in [0.4, 0.5) is 5.82 Å². The van der Waals surface area contributed by atoms with E-state index in [1.807, 2.05) is 24.3 Å². The molecule has 7 heteroatoms. The second-order valence-electron chi connectivity index (χ2n) is 6.53. The Balaban J connectivity index is 1.39. The fraction of sp³-hybridized carbons (Fsp3) is 0.450. The number of aromatic nitrogens is 2. The highest BCUT2D eigenvalue weighted by Crippen LogP contribution is 2.24. The molecule has 27 heavy (non-hydrogen) atoms. The third kappa shape index (κ3) is 5.66. The molecule has 144 valence electrons. The third-order valence-electron chi connectivity index (χ3n) is 4.72. The van der Waals surface area contributed by atoms with Gasteiger partial charge in [0.1, 0.15) is 10.4 Å². The van der Waals surface area contributed by atoms with E-state index in [0.29, 0.717) is 24.7 Å². The number of carbonyl (C=O) groups excluding carboxylic acids is 1. The van der Waals surface area contributed by atoms with Gasteiger partial charge in [-0.2, -0.15) is 0 Å². The summed E-state index contributed by atoms with van der Waals surface area (Å²) in [6.45, 7) is 4.85. The first-order valence-electron chi connectivity index (χ1n) is 9.30. The van der Waals surface area contributed by atoms with Crippen molar-refractivity contribution in [2.75, 3.05) is 31.2 Å². The lowest BCUT2D eigenvalue weighted by molar-refractivity contribution is 0.0526. The van der Waals surface area contributed by atoms with Crippen LogP contribution in [-0.4, -0.2) is 42.5 Å². The number of hydrogen-bond donors (Lipinski definition) is 0. The lowest BCUT2D eigenvalue weighted by Gasteiger charge is -2.32. The molecule has 2 heterocycles. The minimum atomic E-state index is -0.300. The number of anilines is 1. The number of ether oxygens (including phenoxy) is 2. The molecule has 1 aliphatic heterocycles. The van der Waals surface area contributed by atoms with Crippen LogP contribution in [-0.2, 0) is 4.74 Å². The van der Waals surface area contributed by atoms with Crippen molar-refractivity contribution in [2.24, 2.45) is 5.92 Å². The van der Waals surface area contributed by atoms with E-state index < -0.39 is 0 Å². The van der Waals surface area contributed by atoms with Gasteiger partial charge in [0.15, 0.2) is 5.82 Å². The van der Waals surface area contributed by atoms with E-state index in [1.165, 1.54) is 0 Å². The normalized spacial score (nSPS) is 14.8. The van der Waals surface area contributed by atoms with Crippen molar-refractivity contribution in [2.45, 2.75) is 26.2 Å². The molecule has 0 saturated carbocycles. The number of nitrogens with zero attached hydrogens (tertiary/aromatic N) is 3. The van der Waals surface area contributed by atoms with Crippen LogP contribution in [0.1, 0.15) is 36.5 Å². The zero-order valence-electron chi connectivity index (χ0n) is 15.4. The summed E-state index contributed by atoms with van der Waals surface area (Å²) in [7, 11) is 0. The molecule has 1 fully saturated rings. The van der Waals surface area contributed by atoms with E-state index in [2.05, 4.69) is 31.0 Å². The Hall–Kier alpha value is -2.15. The Morgan fingerprint density at radius 1 is 1.15 bits per heavy atom. The highest BCUT2D eigenvalue weighted by molar-refractivity contribution is 9.10. The number of rotatable bonds is 7. The molecule has 0 atom stereocenters. The maximum Gasteiger partial charge on any atom is 0.338 e. The molecule has 6 nitrogen and oxygen atoms in total. The lowest BCUT2D eigenvalue weighted by atomic mass is 9.94. The van der Waals surface area contributed by atoms with Gasteiger partial charge in [-0.3, -0.25) is 0 Å². The number of esters is 1. The summed E-state index contributed by atoms with van der Waals surface area (Å²) in [5, 5.41) is 8.29. The summed E-state index contributed by atoms with van der Waals surface area (Å²) in [5.74, 6) is 2.08. The Morgan fingerprint density at radius 3 is 2.52 bits per heavy atom. The number of hydrogen-bond acceptors (Lipinski definition) is 6. The summed E-state index contributed by atoms with van der Waals surface area (Å²) in [5.41, 5.74) is 0.549. The van der Waals surface area contributed by atoms with Gasteiger partial charge < -0.3 is 14.4 Å². The van der Waals surface area contributed by atoms with Crippen LogP contribution < -0.4 is 9.64 Å². The van der Waals surface area contributed by atoms with Crippen molar-refractivity contribution < 1.29 is 14.3 Å². The molecule has 0 amide bonds. The molecular formula is C20H24BrN3O3. The van der Waals surface area contributed by atoms with Gasteiger partial charge >= 0.3 is 5.97 Å². The van der Waals surface area contributed by atoms with Crippen LogP contribution in [0.2, 0.25) is 0 Å². The molecule has 0 aliphatic carbocycles. The standard InChI is InChI=1S/C20H24BrN3O3/c1-2-26-20(25)16-3-5-17(6-4-16)27-14-11-15-9-12-24(13-10-15)19-8-7-18(21)22-23-19/h3-8,15H,2,9-14H2,1H3. The van der Waals surface area contributed by atoms with E-state index >= 15 is 0 Å². The van der Waals surface area contributed by atoms with E-state index in [-0.39, 0.29) is 5.97 Å². The maximum absolute atomic E-state index is 11.6. The highest BCUT2D eigenvalue weighted by atomic mass is 79.9. The smallest absolute Gasteiger partial charge is 0.338 e. The number of benzene rings is 1. The fourth-order valence-corrected chi connectivity index (χ4v) is 3.38. The minimum absolute atomic E-state index is 0.300. The van der Waals surface area contributed by atoms with E-state index in [9.17, 15) is 4.79 Å². The average molecular weight is 434 g/mol. The number of piperidine rings is 1. The number of carbonyl (C=O) groups is 1. The van der Waals surface area contributed by atoms with E-state index in [1.54, 1.807) is 19.1 Å². The Bertz CT molecular complexity index is 729. The summed E-state index contributed by atoms with van der Waals surface area (Å²) >= 11 is 3.32. The van der Waals surface area contributed by atoms with Crippen molar-refractivity contribution in [1.82, 2.24) is 10.2 Å². The molecule has 0 bridgehead atoms. The quantitative estimate of drug-likeness (QED) is 0.612. The maximum atomic E-state index is 11.6. The van der Waals surface area contributed by atoms with Crippen molar-refractivity contribution in [1.29, 1.82) is 0 Å². The van der Waals surface area contributed by atoms with Crippen molar-refractivity contribution >= 4 is 27.7 Å². The summed E-state index contributed by atoms with van der Waals surface area (Å²) in [4.78, 5) is 13.9. The Labute approximate surface area is 168 Å². The molecule has 1 aliphatic rings. The highest BCUT2D eigenvalue weighted by Gasteiger charge is 2.20. The second kappa shape index (κ2) is 9.69. The topological polar surface area (TPSA) is 64.6 Å². The molecule has 0 spiro atoms. The van der Waals surface area contributed by atoms with Crippen molar-refractivity contribution in [3.63, 3.8) is 0 Å². The van der Waals surface area contributed by atoms with Gasteiger partial charge in [-0.1, -0.05) is 0 Å². The monoisotopic (exact) mass is 433 g/mol. The second-order valence-corrected chi connectivity index (χ2v) is 7.34. The molecule has 1 aromatic heterocycles. The van der Waals surface area contributed by atoms with Crippen molar-refractivity contribution in [3.05, 3.63) is 46.6 Å². The number of halogens is 1. The molecule has 1 saturated heterocycles. The van der Waals surface area contributed by atoms with Crippen LogP contribution >= 0.6 is 15.9 Å². The third-order valence-corrected chi connectivity index (χ3v) is 5.14. The van der Waals surface area contributed by atoms with Gasteiger partial charge in [0, 0.05) is 13.1 Å². The summed E-state index contributed by atoms with van der Waals surface area (Å²) in [6, 6.07) is 11.0. The molecule has 0 N–H and O–H groups in total. The van der Waals surface area contributed by atoms with Crippen molar-refractivity contribution in [3.8, 4) is 5.75 Å². The fourth-order valence-electron chi connectivity index (χ4n) is 3.17. The predicted octanol–water partition coefficient (Wildman–Crippen LogP) is 4.10. The molecule has 0 unspecified atom stereocenters. The van der Waals surface area contributed by atoms with Gasteiger partial charge in [0.2, 0.25) is 0 Å². The molecular weight excluding hydrogens is 410 g/mol. The first kappa shape index (κ1) is 19.6. The molecule has 0 radical (unpaired) electrons. The summed E-state index contributed by atoms with van der Waals surface area (Å²) < 4.78 is 11.6. The minimum Gasteiger partial charge on any atom is -0.494 e. The van der Waals surface area contributed by atoms with Gasteiger partial charge in [0.25, 0.3) is 0 Å². The van der Waals surface area contributed by atoms with Gasteiger partial charge in [-0.05, 0) is 84.4 Å². The van der Waals surface area contributed by atoms with E-state index in [4.69, 9.17) is 9.47 Å². The first-order valence-corrected chi connectivity index (χ1v) is 10.1. The van der Waals surface area contributed by atoms with Crippen LogP contribution in [0.5, 0.6) is 5.75 Å². The van der Waals surface area contributed by atoms with Crippen LogP contribution in [0, 0.1) is 5.92 Å². The Kier molecular flexibility index (Phi) is 7.04. The van der Waals surface area contributed by atoms with Gasteiger partial charge in [0.05, 0.1) is 18.8 Å². The summed E-state index contributed by atoms with van der Waals surface area (Å²) in [6.07, 6.45) is 3.28. The largest absolute Gasteiger partial charge is 0.494 e. The Morgan fingerprint density at radius 2 is 1.89 bits per heavy atom. The van der Waals surface area contributed by atoms with Gasteiger partial charge in [-0.25, -0.2) is 4.79 Å². The lowest BCUT2D eigenvalue weighted by Crippen LogP contribution is -2.34. The SMILES string of the molecule is CCOC(=O)c1ccc(OCCC2CCN(c3ccc(Br)nn3)CC2)cc1. The van der Waals surface area contributed by atoms with Crippen LogP contribution in [0.25, 0.3) is 0 Å². The molecule has 3 rings (SSSR count). The zero-order chi connectivity index (χ0) is 19.1.